The lowest BCUT2D eigenvalue weighted by Crippen LogP contribution is -2.46. The van der Waals surface area contributed by atoms with Crippen molar-refractivity contribution in [3.63, 3.8) is 0 Å². The number of aliphatic hydroxyl groups excluding tert-OH is 1. The minimum Gasteiger partial charge on any atom is -0.391 e. The van der Waals surface area contributed by atoms with E-state index in [9.17, 15) is 19.4 Å². The minimum atomic E-state index is -4.33. The number of hydrogen-bond donors (Lipinski definition) is 3. The van der Waals surface area contributed by atoms with E-state index in [1.807, 2.05) is 21.1 Å². The molecule has 0 saturated heterocycles. The third kappa shape index (κ3) is 58.4. The topological polar surface area (TPSA) is 105 Å². The van der Waals surface area contributed by atoms with Crippen molar-refractivity contribution < 1.29 is 32.9 Å². The monoisotopic (exact) mass is 1060 g/mol. The molecule has 0 aliphatic rings. The Hall–Kier alpha value is -3.10. The summed E-state index contributed by atoms with van der Waals surface area (Å²) in [6, 6.07) is -0.769. The highest BCUT2D eigenvalue weighted by Crippen LogP contribution is 2.43. The Balaban J connectivity index is 4.04. The molecule has 0 fully saturated rings. The third-order valence-corrected chi connectivity index (χ3v) is 14.0. The zero-order chi connectivity index (χ0) is 54.9. The van der Waals surface area contributed by atoms with Crippen molar-refractivity contribution in [2.75, 3.05) is 40.9 Å². The molecule has 0 aromatic rings. The average Bonchev–Trinajstić information content (AvgIpc) is 3.37. The summed E-state index contributed by atoms with van der Waals surface area (Å²) in [4.78, 5) is 23.3. The van der Waals surface area contributed by atoms with Gasteiger partial charge in [0.2, 0.25) is 5.91 Å². The first-order valence-corrected chi connectivity index (χ1v) is 31.9. The molecule has 0 radical (unpaired) electrons. The van der Waals surface area contributed by atoms with Gasteiger partial charge in [-0.25, -0.2) is 4.57 Å². The number of quaternary nitrogens is 1. The second-order valence-corrected chi connectivity index (χ2v) is 22.8. The number of unbranched alkanes of at least 4 members (excludes halogenated alkanes) is 21. The number of hydrogen-bond acceptors (Lipinski definition) is 5. The second kappa shape index (κ2) is 55.6. The molecule has 1 amide bonds. The standard InChI is InChI=1S/C66H115N2O6P/c1-6-8-10-12-14-16-18-20-21-22-23-24-25-26-27-28-29-30-31-32-33-34-35-36-37-38-39-40-41-42-43-44-45-46-47-48-50-52-54-56-58-60-66(70)67-64(63-74-75(71,72)73-62-61-68(3,4)5)65(69)59-57-55-53-51-49-19-17-15-13-11-9-7-2/h8,10,14,16,20-21,23-24,26-27,29-30,32-33,35-36,38-39,41-42,64-65,69H,6-7,9,11-13,15,17-19,22,25,28,31,34,37,40,43-63H2,1-5H3,(H-,67,70,71,72)/p+1/b10-8-,16-14-,21-20-,24-23-,27-26-,30-29-,33-32-,36-35-,39-38-,42-41-. The fourth-order valence-electron chi connectivity index (χ4n) is 8.25. The van der Waals surface area contributed by atoms with E-state index in [-0.39, 0.29) is 19.1 Å². The number of phosphoric ester groups is 1. The Kier molecular flexibility index (Phi) is 53.3. The van der Waals surface area contributed by atoms with Gasteiger partial charge in [0.25, 0.3) is 0 Å². The largest absolute Gasteiger partial charge is 0.472 e. The molecular weight excluding hydrogens is 948 g/mol. The quantitative estimate of drug-likeness (QED) is 0.0243. The second-order valence-electron chi connectivity index (χ2n) is 21.3. The highest BCUT2D eigenvalue weighted by Gasteiger charge is 2.28. The minimum absolute atomic E-state index is 0.0689. The van der Waals surface area contributed by atoms with Gasteiger partial charge < -0.3 is 19.8 Å². The maximum Gasteiger partial charge on any atom is 0.472 e. The molecule has 0 aromatic carbocycles. The molecular formula is C66H116N2O6P+. The third-order valence-electron chi connectivity index (χ3n) is 13.0. The summed E-state index contributed by atoms with van der Waals surface area (Å²) in [6.07, 6.45) is 82.7. The molecule has 0 aliphatic carbocycles. The zero-order valence-electron chi connectivity index (χ0n) is 49.0. The van der Waals surface area contributed by atoms with Crippen LogP contribution in [0.1, 0.15) is 239 Å². The zero-order valence-corrected chi connectivity index (χ0v) is 49.9. The van der Waals surface area contributed by atoms with E-state index in [4.69, 9.17) is 9.05 Å². The fourth-order valence-corrected chi connectivity index (χ4v) is 8.99. The number of carbonyl (C=O) groups is 1. The predicted octanol–water partition coefficient (Wildman–Crippen LogP) is 18.9. The Morgan fingerprint density at radius 3 is 1.17 bits per heavy atom. The summed E-state index contributed by atoms with van der Waals surface area (Å²) >= 11 is 0. The van der Waals surface area contributed by atoms with Crippen molar-refractivity contribution in [3.05, 3.63) is 122 Å². The van der Waals surface area contributed by atoms with Crippen LogP contribution in [0.2, 0.25) is 0 Å². The number of likely N-dealkylation sites (N-methyl/N-ethyl adjacent to an activating group) is 1. The molecule has 430 valence electrons. The average molecular weight is 1060 g/mol. The molecule has 0 aromatic heterocycles. The van der Waals surface area contributed by atoms with Crippen LogP contribution in [0.25, 0.3) is 0 Å². The Labute approximate surface area is 463 Å². The molecule has 0 spiro atoms. The van der Waals surface area contributed by atoms with E-state index in [1.165, 1.54) is 103 Å². The van der Waals surface area contributed by atoms with Gasteiger partial charge in [0.1, 0.15) is 13.2 Å². The van der Waals surface area contributed by atoms with Gasteiger partial charge in [-0.2, -0.15) is 0 Å². The van der Waals surface area contributed by atoms with Crippen molar-refractivity contribution in [1.29, 1.82) is 0 Å². The van der Waals surface area contributed by atoms with Gasteiger partial charge in [0, 0.05) is 6.42 Å². The van der Waals surface area contributed by atoms with Crippen LogP contribution in [0.4, 0.5) is 0 Å². The predicted molar refractivity (Wildman–Crippen MR) is 327 cm³/mol. The van der Waals surface area contributed by atoms with Gasteiger partial charge >= 0.3 is 7.82 Å². The fraction of sp³-hybridized carbons (Fsp3) is 0.682. The summed E-state index contributed by atoms with van der Waals surface area (Å²) in [5.41, 5.74) is 0. The van der Waals surface area contributed by atoms with Crippen LogP contribution in [0, 0.1) is 0 Å². The maximum atomic E-state index is 13.0. The van der Waals surface area contributed by atoms with Crippen molar-refractivity contribution >= 4 is 13.7 Å². The number of carbonyl (C=O) groups excluding carboxylic acids is 1. The number of phosphoric acid groups is 1. The molecule has 75 heavy (non-hydrogen) atoms. The lowest BCUT2D eigenvalue weighted by atomic mass is 10.0. The van der Waals surface area contributed by atoms with E-state index in [2.05, 4.69) is 141 Å². The maximum absolute atomic E-state index is 13.0. The van der Waals surface area contributed by atoms with E-state index in [1.54, 1.807) is 0 Å². The summed E-state index contributed by atoms with van der Waals surface area (Å²) in [7, 11) is 1.60. The van der Waals surface area contributed by atoms with E-state index >= 15 is 0 Å². The van der Waals surface area contributed by atoms with Crippen LogP contribution >= 0.6 is 7.82 Å². The number of nitrogens with zero attached hydrogens (tertiary/aromatic N) is 1. The first kappa shape index (κ1) is 71.9. The van der Waals surface area contributed by atoms with E-state index in [0.29, 0.717) is 23.9 Å². The summed E-state index contributed by atoms with van der Waals surface area (Å²) in [6.45, 7) is 4.75. The first-order chi connectivity index (χ1) is 36.5. The van der Waals surface area contributed by atoms with Crippen LogP contribution in [-0.4, -0.2) is 73.4 Å². The normalized spacial score (nSPS) is 14.7. The van der Waals surface area contributed by atoms with Gasteiger partial charge in [-0.05, 0) is 89.9 Å². The molecule has 0 bridgehead atoms. The van der Waals surface area contributed by atoms with Crippen LogP contribution in [0.5, 0.6) is 0 Å². The highest BCUT2D eigenvalue weighted by atomic mass is 31.2. The molecule has 3 unspecified atom stereocenters. The van der Waals surface area contributed by atoms with Gasteiger partial charge in [-0.1, -0.05) is 264 Å². The number of rotatable bonds is 54. The number of amides is 1. The number of allylic oxidation sites excluding steroid dienone is 20. The van der Waals surface area contributed by atoms with Gasteiger partial charge in [-0.15, -0.1) is 0 Å². The molecule has 3 atom stereocenters. The lowest BCUT2D eigenvalue weighted by molar-refractivity contribution is -0.870. The molecule has 0 saturated carbocycles. The Morgan fingerprint density at radius 2 is 0.800 bits per heavy atom. The van der Waals surface area contributed by atoms with Gasteiger partial charge in [-0.3, -0.25) is 13.8 Å². The van der Waals surface area contributed by atoms with Crippen molar-refractivity contribution in [2.24, 2.45) is 0 Å². The first-order valence-electron chi connectivity index (χ1n) is 30.4. The SMILES string of the molecule is CC/C=C\C/C=C\C/C=C\C/C=C\C/C=C\C/C=C\C/C=C\C/C=C\C/C=C\C/C=C\CCCCCCCCCCCCC(=O)NC(COP(=O)(O)OCC[N+](C)(C)C)C(O)CCCCCCCCCCCCCC. The van der Waals surface area contributed by atoms with Gasteiger partial charge in [0.15, 0.2) is 0 Å². The molecule has 9 heteroatoms. The van der Waals surface area contributed by atoms with Crippen LogP contribution < -0.4 is 5.32 Å². The smallest absolute Gasteiger partial charge is 0.391 e. The van der Waals surface area contributed by atoms with Crippen molar-refractivity contribution in [3.8, 4) is 0 Å². The number of nitrogens with one attached hydrogen (secondary N) is 1. The van der Waals surface area contributed by atoms with Crippen molar-refractivity contribution in [2.45, 2.75) is 251 Å². The highest BCUT2D eigenvalue weighted by molar-refractivity contribution is 7.47. The summed E-state index contributed by atoms with van der Waals surface area (Å²) in [5.74, 6) is -0.154. The molecule has 8 nitrogen and oxygen atoms in total. The lowest BCUT2D eigenvalue weighted by Gasteiger charge is -2.26. The van der Waals surface area contributed by atoms with Crippen LogP contribution in [0.3, 0.4) is 0 Å². The van der Waals surface area contributed by atoms with Crippen LogP contribution in [0.15, 0.2) is 122 Å². The van der Waals surface area contributed by atoms with Crippen LogP contribution in [-0.2, 0) is 18.4 Å². The molecule has 3 N–H and O–H groups in total. The number of aliphatic hydroxyl groups is 1. The molecule has 0 aliphatic heterocycles. The van der Waals surface area contributed by atoms with E-state index < -0.39 is 20.0 Å². The molecule has 0 rings (SSSR count). The van der Waals surface area contributed by atoms with Crippen molar-refractivity contribution in [1.82, 2.24) is 5.32 Å². The van der Waals surface area contributed by atoms with E-state index in [0.717, 1.165) is 109 Å². The summed E-state index contributed by atoms with van der Waals surface area (Å²) < 4.78 is 23.7. The molecule has 0 heterocycles. The van der Waals surface area contributed by atoms with Gasteiger partial charge in [0.05, 0.1) is 39.9 Å². The summed E-state index contributed by atoms with van der Waals surface area (Å²) in [5, 5.41) is 14.0. The Bertz CT molecular complexity index is 1630. The Morgan fingerprint density at radius 1 is 0.467 bits per heavy atom.